The van der Waals surface area contributed by atoms with Crippen molar-refractivity contribution >= 4 is 11.0 Å². The molecule has 4 nitrogen and oxygen atoms in total. The highest BCUT2D eigenvalue weighted by molar-refractivity contribution is 5.97. The minimum Gasteiger partial charge on any atom is -0.507 e. The lowest BCUT2D eigenvalue weighted by Crippen LogP contribution is -2.13. The van der Waals surface area contributed by atoms with Crippen LogP contribution in [0.15, 0.2) is 146 Å². The predicted octanol–water partition coefficient (Wildman–Crippen LogP) is 15.5. The second-order valence-corrected chi connectivity index (χ2v) is 19.8. The van der Waals surface area contributed by atoms with Crippen molar-refractivity contribution in [2.45, 2.75) is 98.3 Å². The standard InChI is InChI=1S/C57H59N3O/c1-36(2)37-19-21-38(22-20-37)40-29-30-58-49(34-40)42-31-41(32-45(33-42)57(9,10)11)47-16-14-17-50-53(47)59-54(48-15-12-13-18-52(48)61)60(50)51-35-44(56(6,7)8)27-28-46(51)39-23-25-43(26-24-39)55(3,4)5/h12-36,61H,1-11H3/i36D. The number of hydrogen-bond donors (Lipinski definition) is 1. The van der Waals surface area contributed by atoms with Gasteiger partial charge in [0.1, 0.15) is 11.6 Å². The Morgan fingerprint density at radius 2 is 1.15 bits per heavy atom. The Morgan fingerprint density at radius 3 is 1.80 bits per heavy atom. The van der Waals surface area contributed by atoms with E-state index >= 15 is 0 Å². The lowest BCUT2D eigenvalue weighted by Gasteiger charge is -2.24. The van der Waals surface area contributed by atoms with Crippen LogP contribution in [0.4, 0.5) is 0 Å². The molecule has 6 aromatic carbocycles. The highest BCUT2D eigenvalue weighted by atomic mass is 16.3. The van der Waals surface area contributed by atoms with Crippen molar-refractivity contribution in [3.63, 3.8) is 0 Å². The number of aromatic hydroxyl groups is 1. The van der Waals surface area contributed by atoms with E-state index in [-0.39, 0.29) is 22.0 Å². The summed E-state index contributed by atoms with van der Waals surface area (Å²) in [4.78, 5) is 10.4. The zero-order valence-corrected chi connectivity index (χ0v) is 37.6. The van der Waals surface area contributed by atoms with Gasteiger partial charge >= 0.3 is 0 Å². The van der Waals surface area contributed by atoms with E-state index < -0.39 is 5.89 Å². The van der Waals surface area contributed by atoms with Gasteiger partial charge in [0.2, 0.25) is 0 Å². The number of phenols is 1. The van der Waals surface area contributed by atoms with Gasteiger partial charge in [0.25, 0.3) is 0 Å². The number of phenolic OH excluding ortho intramolecular Hbond substituents is 1. The van der Waals surface area contributed by atoms with Crippen molar-refractivity contribution in [3.05, 3.63) is 168 Å². The number of hydrogen-bond acceptors (Lipinski definition) is 3. The fourth-order valence-corrected chi connectivity index (χ4v) is 8.12. The van der Waals surface area contributed by atoms with Crippen LogP contribution in [0, 0.1) is 0 Å². The number of aromatic nitrogens is 3. The second-order valence-electron chi connectivity index (χ2n) is 19.8. The number of imidazole rings is 1. The minimum atomic E-state index is -0.663. The molecule has 0 fully saturated rings. The van der Waals surface area contributed by atoms with E-state index in [0.717, 1.165) is 66.9 Å². The van der Waals surface area contributed by atoms with E-state index in [1.165, 1.54) is 16.7 Å². The molecule has 0 bridgehead atoms. The fraction of sp³-hybridized carbons (Fsp3) is 0.263. The predicted molar refractivity (Wildman–Crippen MR) is 258 cm³/mol. The summed E-state index contributed by atoms with van der Waals surface area (Å²) in [5.74, 6) is 0.185. The lowest BCUT2D eigenvalue weighted by atomic mass is 9.83. The Kier molecular flexibility index (Phi) is 10.3. The summed E-state index contributed by atoms with van der Waals surface area (Å²) in [6, 6.07) is 49.0. The molecular weight excluding hydrogens is 743 g/mol. The molecule has 0 aliphatic heterocycles. The molecule has 0 amide bonds. The maximum Gasteiger partial charge on any atom is 0.149 e. The van der Waals surface area contributed by atoms with E-state index in [0.29, 0.717) is 11.4 Å². The zero-order valence-electron chi connectivity index (χ0n) is 38.6. The highest BCUT2D eigenvalue weighted by Gasteiger charge is 2.25. The van der Waals surface area contributed by atoms with Gasteiger partial charge in [-0.25, -0.2) is 4.98 Å². The first-order chi connectivity index (χ1) is 29.2. The summed E-state index contributed by atoms with van der Waals surface area (Å²) in [5.41, 5.74) is 16.2. The molecule has 0 spiro atoms. The Hall–Kier alpha value is -6.26. The molecule has 0 saturated heterocycles. The van der Waals surface area contributed by atoms with Crippen LogP contribution in [-0.4, -0.2) is 19.6 Å². The third-order valence-corrected chi connectivity index (χ3v) is 12.0. The molecule has 0 atom stereocenters. The van der Waals surface area contributed by atoms with Gasteiger partial charge in [0.05, 0.1) is 28.0 Å². The zero-order chi connectivity index (χ0) is 44.4. The van der Waals surface area contributed by atoms with E-state index in [2.05, 4.69) is 182 Å². The van der Waals surface area contributed by atoms with Gasteiger partial charge < -0.3 is 5.11 Å². The van der Waals surface area contributed by atoms with Gasteiger partial charge in [-0.15, -0.1) is 0 Å². The number of nitrogens with zero attached hydrogens (tertiary/aromatic N) is 3. The smallest absolute Gasteiger partial charge is 0.149 e. The molecule has 0 radical (unpaired) electrons. The van der Waals surface area contributed by atoms with Crippen molar-refractivity contribution in [1.82, 2.24) is 14.5 Å². The van der Waals surface area contributed by atoms with Gasteiger partial charge in [-0.3, -0.25) is 9.55 Å². The molecule has 2 aromatic heterocycles. The molecule has 308 valence electrons. The molecular formula is C57H59N3O. The monoisotopic (exact) mass is 802 g/mol. The van der Waals surface area contributed by atoms with Crippen molar-refractivity contribution in [2.75, 3.05) is 0 Å². The Morgan fingerprint density at radius 1 is 0.525 bits per heavy atom. The molecule has 0 aliphatic carbocycles. The molecule has 61 heavy (non-hydrogen) atoms. The molecule has 1 N–H and O–H groups in total. The normalized spacial score (nSPS) is 12.8. The summed E-state index contributed by atoms with van der Waals surface area (Å²) >= 11 is 0. The number of benzene rings is 6. The van der Waals surface area contributed by atoms with Gasteiger partial charge in [0.15, 0.2) is 0 Å². The average Bonchev–Trinajstić information content (AvgIpc) is 3.62. The number of pyridine rings is 1. The van der Waals surface area contributed by atoms with Crippen molar-refractivity contribution in [3.8, 4) is 67.5 Å². The molecule has 4 heteroatoms. The molecule has 8 rings (SSSR count). The lowest BCUT2D eigenvalue weighted by molar-refractivity contribution is 0.477. The molecule has 0 aliphatic rings. The first-order valence-electron chi connectivity index (χ1n) is 22.0. The largest absolute Gasteiger partial charge is 0.507 e. The van der Waals surface area contributed by atoms with Crippen LogP contribution in [0.2, 0.25) is 0 Å². The Labute approximate surface area is 364 Å². The molecule has 0 unspecified atom stereocenters. The highest BCUT2D eigenvalue weighted by Crippen LogP contribution is 2.43. The minimum absolute atomic E-state index is 0.0298. The van der Waals surface area contributed by atoms with Gasteiger partial charge in [-0.1, -0.05) is 167 Å². The van der Waals surface area contributed by atoms with E-state index in [1.54, 1.807) is 6.07 Å². The van der Waals surface area contributed by atoms with Crippen molar-refractivity contribution in [2.24, 2.45) is 0 Å². The summed E-state index contributed by atoms with van der Waals surface area (Å²) in [5, 5.41) is 11.5. The summed E-state index contributed by atoms with van der Waals surface area (Å²) in [7, 11) is 0. The van der Waals surface area contributed by atoms with Gasteiger partial charge in [0, 0.05) is 24.3 Å². The first kappa shape index (κ1) is 40.2. The van der Waals surface area contributed by atoms with E-state index in [9.17, 15) is 5.11 Å². The van der Waals surface area contributed by atoms with Crippen molar-refractivity contribution in [1.29, 1.82) is 0 Å². The van der Waals surface area contributed by atoms with Crippen LogP contribution in [0.1, 0.15) is 106 Å². The first-order valence-corrected chi connectivity index (χ1v) is 21.5. The van der Waals surface area contributed by atoms with Crippen LogP contribution in [0.3, 0.4) is 0 Å². The van der Waals surface area contributed by atoms with Gasteiger partial charge in [-0.05, 0) is 115 Å². The third kappa shape index (κ3) is 8.29. The average molecular weight is 803 g/mol. The van der Waals surface area contributed by atoms with Crippen LogP contribution in [-0.2, 0) is 16.2 Å². The maximum atomic E-state index is 11.5. The third-order valence-electron chi connectivity index (χ3n) is 12.0. The number of fused-ring (bicyclic) bond motifs is 1. The molecule has 8 aromatic rings. The van der Waals surface area contributed by atoms with Crippen molar-refractivity contribution < 1.29 is 6.48 Å². The quantitative estimate of drug-likeness (QED) is 0.175. The molecule has 0 saturated carbocycles. The summed E-state index contributed by atoms with van der Waals surface area (Å²) < 4.78 is 10.7. The topological polar surface area (TPSA) is 50.9 Å². The Bertz CT molecular complexity index is 2930. The fourth-order valence-electron chi connectivity index (χ4n) is 8.12. The summed E-state index contributed by atoms with van der Waals surface area (Å²) in [6.45, 7) is 24.1. The van der Waals surface area contributed by atoms with Crippen LogP contribution >= 0.6 is 0 Å². The SMILES string of the molecule is [2H]C(C)(C)c1ccc(-c2ccnc(-c3cc(-c4cccc5c4nc(-c4ccccc4O)n5-c4cc(C(C)(C)C)ccc4-c4ccc(C(C)(C)C)cc4)cc(C(C)(C)C)c3)c2)cc1. The van der Waals surface area contributed by atoms with Crippen LogP contribution < -0.4 is 0 Å². The number of rotatable bonds is 7. The maximum absolute atomic E-state index is 11.5. The van der Waals surface area contributed by atoms with Crippen LogP contribution in [0.25, 0.3) is 72.7 Å². The molecule has 2 heterocycles. The van der Waals surface area contributed by atoms with E-state index in [1.807, 2.05) is 38.2 Å². The van der Waals surface area contributed by atoms with Gasteiger partial charge in [-0.2, -0.15) is 0 Å². The van der Waals surface area contributed by atoms with Crippen LogP contribution in [0.5, 0.6) is 5.75 Å². The number of para-hydroxylation sites is 2. The summed E-state index contributed by atoms with van der Waals surface area (Å²) in [6.07, 6.45) is 1.89. The Balaban J connectivity index is 1.36. The van der Waals surface area contributed by atoms with E-state index in [4.69, 9.17) is 11.3 Å². The second kappa shape index (κ2) is 15.6.